The number of hydrogen-bond donors (Lipinski definition) is 3. The molecule has 0 radical (unpaired) electrons. The molecule has 0 bridgehead atoms. The molecular formula is C34H39N5O5. The molecule has 0 aliphatic carbocycles. The highest BCUT2D eigenvalue weighted by molar-refractivity contribution is 6.01. The van der Waals surface area contributed by atoms with Gasteiger partial charge in [-0.05, 0) is 48.9 Å². The number of aliphatic hydroxyl groups excluding tert-OH is 1. The van der Waals surface area contributed by atoms with Gasteiger partial charge in [0.15, 0.2) is 0 Å². The molecule has 1 aliphatic rings. The first-order valence-electron chi connectivity index (χ1n) is 14.8. The fourth-order valence-electron chi connectivity index (χ4n) is 5.56. The van der Waals surface area contributed by atoms with Crippen molar-refractivity contribution in [2.45, 2.75) is 32.4 Å². The van der Waals surface area contributed by atoms with Gasteiger partial charge in [0.2, 0.25) is 5.91 Å². The first kappa shape index (κ1) is 30.6. The lowest BCUT2D eigenvalue weighted by molar-refractivity contribution is -0.115. The molecule has 0 saturated heterocycles. The van der Waals surface area contributed by atoms with Gasteiger partial charge in [-0.25, -0.2) is 4.79 Å². The average Bonchev–Trinajstić information content (AvgIpc) is 3.33. The molecule has 10 heteroatoms. The quantitative estimate of drug-likeness (QED) is 0.271. The van der Waals surface area contributed by atoms with Gasteiger partial charge in [0.1, 0.15) is 11.9 Å². The van der Waals surface area contributed by atoms with E-state index in [0.29, 0.717) is 23.7 Å². The predicted molar refractivity (Wildman–Crippen MR) is 171 cm³/mol. The molecule has 3 N–H and O–H groups in total. The maximum atomic E-state index is 13.8. The maximum absolute atomic E-state index is 13.8. The van der Waals surface area contributed by atoms with Gasteiger partial charge in [0.05, 0.1) is 31.2 Å². The molecule has 44 heavy (non-hydrogen) atoms. The van der Waals surface area contributed by atoms with Gasteiger partial charge >= 0.3 is 6.03 Å². The molecule has 3 atom stereocenters. The lowest BCUT2D eigenvalue weighted by atomic mass is 9.99. The van der Waals surface area contributed by atoms with E-state index >= 15 is 0 Å². The summed E-state index contributed by atoms with van der Waals surface area (Å²) in [6.07, 6.45) is 1.68. The Kier molecular flexibility index (Phi) is 9.20. The van der Waals surface area contributed by atoms with Crippen LogP contribution in [0.1, 0.15) is 29.8 Å². The number of fused-ring (bicyclic) bond motifs is 2. The highest BCUT2D eigenvalue weighted by atomic mass is 16.5. The van der Waals surface area contributed by atoms with Gasteiger partial charge in [0.25, 0.3) is 5.91 Å². The summed E-state index contributed by atoms with van der Waals surface area (Å²) in [4.78, 5) is 43.0. The SMILES string of the molecule is C[C@@H]1CN([C@H](C)CO)C(=O)c2cc(NC(=O)Cc3cn(C)c4ccccc34)ccc2O[C@H]1CN(C)C(=O)Nc1ccccc1. The second kappa shape index (κ2) is 13.2. The van der Waals surface area contributed by atoms with Crippen LogP contribution in [0.3, 0.4) is 0 Å². The van der Waals surface area contributed by atoms with Gasteiger partial charge in [-0.15, -0.1) is 0 Å². The zero-order chi connectivity index (χ0) is 31.4. The number of benzene rings is 3. The molecule has 10 nitrogen and oxygen atoms in total. The van der Waals surface area contributed by atoms with Crippen molar-refractivity contribution in [2.75, 3.05) is 37.4 Å². The Morgan fingerprint density at radius 1 is 1.05 bits per heavy atom. The summed E-state index contributed by atoms with van der Waals surface area (Å²) in [5.74, 6) is -0.315. The molecule has 0 saturated carbocycles. The molecule has 2 heterocycles. The number of amides is 4. The molecule has 1 aromatic heterocycles. The lowest BCUT2D eigenvalue weighted by Gasteiger charge is -2.38. The molecule has 0 fully saturated rings. The molecule has 0 spiro atoms. The Balaban J connectivity index is 1.36. The standard InChI is InChI=1S/C34H39N5O5/c1-22-18-39(23(2)21-40)33(42)28-17-26(35-32(41)16-24-19-37(3)29-13-9-8-12-27(24)29)14-15-30(28)44-31(22)20-38(4)34(43)36-25-10-6-5-7-11-25/h5-15,17,19,22-23,31,40H,16,18,20-21H2,1-4H3,(H,35,41)(H,36,43)/t22-,23-,31+/m1/s1. The van der Waals surface area contributed by atoms with Crippen LogP contribution < -0.4 is 15.4 Å². The zero-order valence-electron chi connectivity index (χ0n) is 25.5. The topological polar surface area (TPSA) is 116 Å². The minimum absolute atomic E-state index is 0.159. The van der Waals surface area contributed by atoms with Gasteiger partial charge in [-0.1, -0.05) is 43.3 Å². The average molecular weight is 598 g/mol. The molecule has 230 valence electrons. The Morgan fingerprint density at radius 3 is 2.52 bits per heavy atom. The van der Waals surface area contributed by atoms with Crippen LogP contribution in [-0.2, 0) is 18.3 Å². The van der Waals surface area contributed by atoms with E-state index < -0.39 is 12.1 Å². The van der Waals surface area contributed by atoms with Crippen LogP contribution in [0, 0.1) is 5.92 Å². The summed E-state index contributed by atoms with van der Waals surface area (Å²) in [6.45, 7) is 4.12. The van der Waals surface area contributed by atoms with E-state index in [1.165, 1.54) is 0 Å². The number of nitrogens with zero attached hydrogens (tertiary/aromatic N) is 3. The van der Waals surface area contributed by atoms with Crippen LogP contribution in [0.15, 0.2) is 79.0 Å². The third-order valence-corrected chi connectivity index (χ3v) is 8.10. The number of likely N-dealkylation sites (N-methyl/N-ethyl adjacent to an activating group) is 1. The number of nitrogens with one attached hydrogen (secondary N) is 2. The number of anilines is 2. The van der Waals surface area contributed by atoms with Crippen LogP contribution in [0.5, 0.6) is 5.75 Å². The molecule has 3 aromatic carbocycles. The Bertz CT molecular complexity index is 1650. The molecule has 0 unspecified atom stereocenters. The smallest absolute Gasteiger partial charge is 0.321 e. The summed E-state index contributed by atoms with van der Waals surface area (Å²) in [5, 5.41) is 16.8. The number of carbonyl (C=O) groups excluding carboxylic acids is 3. The van der Waals surface area contributed by atoms with Gasteiger partial charge in [-0.3, -0.25) is 9.59 Å². The third-order valence-electron chi connectivity index (χ3n) is 8.10. The summed E-state index contributed by atoms with van der Waals surface area (Å²) in [7, 11) is 3.65. The molecular weight excluding hydrogens is 558 g/mol. The number of aromatic nitrogens is 1. The fraction of sp³-hybridized carbons (Fsp3) is 0.324. The summed E-state index contributed by atoms with van der Waals surface area (Å²) < 4.78 is 8.41. The van der Waals surface area contributed by atoms with Crippen molar-refractivity contribution >= 4 is 40.1 Å². The second-order valence-electron chi connectivity index (χ2n) is 11.5. The second-order valence-corrected chi connectivity index (χ2v) is 11.5. The minimum atomic E-state index is -0.450. The van der Waals surface area contributed by atoms with Gasteiger partial charge < -0.3 is 34.8 Å². The summed E-state index contributed by atoms with van der Waals surface area (Å²) in [5.41, 5.74) is 3.38. The monoisotopic (exact) mass is 597 g/mol. The number of rotatable bonds is 8. The van der Waals surface area contributed by atoms with Crippen molar-refractivity contribution in [2.24, 2.45) is 13.0 Å². The van der Waals surface area contributed by atoms with E-state index in [-0.39, 0.29) is 48.9 Å². The number of para-hydroxylation sites is 2. The van der Waals surface area contributed by atoms with Crippen LogP contribution in [0.4, 0.5) is 16.2 Å². The molecule has 5 rings (SSSR count). The van der Waals surface area contributed by atoms with Crippen molar-refractivity contribution in [3.05, 3.63) is 90.1 Å². The van der Waals surface area contributed by atoms with Crippen LogP contribution in [0.2, 0.25) is 0 Å². The van der Waals surface area contributed by atoms with E-state index in [4.69, 9.17) is 4.74 Å². The van der Waals surface area contributed by atoms with Gasteiger partial charge in [-0.2, -0.15) is 0 Å². The molecule has 4 aromatic rings. The van der Waals surface area contributed by atoms with Crippen molar-refractivity contribution in [3.63, 3.8) is 0 Å². The highest BCUT2D eigenvalue weighted by Gasteiger charge is 2.34. The number of carbonyl (C=O) groups is 3. The number of ether oxygens (including phenoxy) is 1. The Labute approximate surface area is 257 Å². The molecule has 1 aliphatic heterocycles. The number of hydrogen-bond acceptors (Lipinski definition) is 5. The van der Waals surface area contributed by atoms with Crippen LogP contribution in [-0.4, -0.2) is 76.2 Å². The van der Waals surface area contributed by atoms with Crippen molar-refractivity contribution in [1.29, 1.82) is 0 Å². The van der Waals surface area contributed by atoms with Gasteiger partial charge in [0, 0.05) is 55.0 Å². The largest absolute Gasteiger partial charge is 0.487 e. The highest BCUT2D eigenvalue weighted by Crippen LogP contribution is 2.31. The fourth-order valence-corrected chi connectivity index (χ4v) is 5.56. The van der Waals surface area contributed by atoms with Crippen LogP contribution in [0.25, 0.3) is 10.9 Å². The first-order chi connectivity index (χ1) is 21.1. The van der Waals surface area contributed by atoms with E-state index in [1.54, 1.807) is 42.0 Å². The first-order valence-corrected chi connectivity index (χ1v) is 14.8. The predicted octanol–water partition coefficient (Wildman–Crippen LogP) is 4.74. The summed E-state index contributed by atoms with van der Waals surface area (Å²) >= 11 is 0. The van der Waals surface area contributed by atoms with E-state index in [2.05, 4.69) is 10.6 Å². The van der Waals surface area contributed by atoms with Crippen molar-refractivity contribution in [1.82, 2.24) is 14.4 Å². The maximum Gasteiger partial charge on any atom is 0.321 e. The lowest BCUT2D eigenvalue weighted by Crippen LogP contribution is -2.50. The number of urea groups is 1. The normalized spacial score (nSPS) is 17.2. The summed E-state index contributed by atoms with van der Waals surface area (Å²) in [6, 6.07) is 21.4. The van der Waals surface area contributed by atoms with Crippen molar-refractivity contribution in [3.8, 4) is 5.75 Å². The van der Waals surface area contributed by atoms with E-state index in [1.807, 2.05) is 79.3 Å². The Morgan fingerprint density at radius 2 is 1.77 bits per heavy atom. The minimum Gasteiger partial charge on any atom is -0.487 e. The van der Waals surface area contributed by atoms with E-state index in [9.17, 15) is 19.5 Å². The van der Waals surface area contributed by atoms with Crippen molar-refractivity contribution < 1.29 is 24.2 Å². The number of aryl methyl sites for hydroxylation is 1. The third kappa shape index (κ3) is 6.70. The number of aliphatic hydroxyl groups is 1. The molecule has 4 amide bonds. The van der Waals surface area contributed by atoms with E-state index in [0.717, 1.165) is 16.5 Å². The van der Waals surface area contributed by atoms with Crippen LogP contribution >= 0.6 is 0 Å². The Hall–Kier alpha value is -4.83. The zero-order valence-corrected chi connectivity index (χ0v) is 25.5.